The van der Waals surface area contributed by atoms with Crippen molar-refractivity contribution in [2.24, 2.45) is 5.14 Å². The maximum Gasteiger partial charge on any atom is 0.335 e. The Bertz CT molecular complexity index is 1050. The first kappa shape index (κ1) is 19.8. The Morgan fingerprint density at radius 1 is 1.00 bits per heavy atom. The first-order valence-corrected chi connectivity index (χ1v) is 10.1. The zero-order valence-electron chi connectivity index (χ0n) is 15.0. The number of carboxylic acid groups (broad SMARTS) is 1. The molecule has 0 spiro atoms. The number of hydrogen-bond donors (Lipinski definition) is 3. The highest BCUT2D eigenvalue weighted by molar-refractivity contribution is 7.89. The lowest BCUT2D eigenvalue weighted by molar-refractivity contribution is 0.0697. The second-order valence-corrected chi connectivity index (χ2v) is 7.83. The van der Waals surface area contributed by atoms with Crippen LogP contribution in [0.5, 0.6) is 0 Å². The third-order valence-electron chi connectivity index (χ3n) is 4.22. The van der Waals surface area contributed by atoms with E-state index in [0.29, 0.717) is 18.8 Å². The quantitative estimate of drug-likeness (QED) is 0.500. The van der Waals surface area contributed by atoms with Crippen molar-refractivity contribution >= 4 is 16.0 Å². The Kier molecular flexibility index (Phi) is 5.93. The van der Waals surface area contributed by atoms with E-state index in [4.69, 9.17) is 14.7 Å². The Hall–Kier alpha value is -2.94. The van der Waals surface area contributed by atoms with Gasteiger partial charge in [0.25, 0.3) is 0 Å². The molecule has 8 heteroatoms. The highest BCUT2D eigenvalue weighted by atomic mass is 32.2. The van der Waals surface area contributed by atoms with E-state index in [-0.39, 0.29) is 10.5 Å². The van der Waals surface area contributed by atoms with Crippen LogP contribution in [0.1, 0.15) is 21.7 Å². The summed E-state index contributed by atoms with van der Waals surface area (Å²) >= 11 is 0. The Morgan fingerprint density at radius 2 is 1.68 bits per heavy atom. The Balaban J connectivity index is 1.50. The molecule has 2 aromatic carbocycles. The number of carbonyl (C=O) groups is 1. The molecule has 0 saturated carbocycles. The second-order valence-electron chi connectivity index (χ2n) is 6.26. The second kappa shape index (κ2) is 8.39. The van der Waals surface area contributed by atoms with Gasteiger partial charge in [0.2, 0.25) is 10.0 Å². The zero-order valence-corrected chi connectivity index (χ0v) is 15.8. The SMILES string of the molecule is NS(=O)(=O)c1ccc(CCNCc2ccc(-c3ccc(C(=O)O)cc3)o2)cc1. The Labute approximate surface area is 162 Å². The van der Waals surface area contributed by atoms with Crippen molar-refractivity contribution in [2.75, 3.05) is 6.54 Å². The molecule has 0 unspecified atom stereocenters. The molecular formula is C20H20N2O5S. The first-order valence-electron chi connectivity index (χ1n) is 8.58. The molecular weight excluding hydrogens is 380 g/mol. The fourth-order valence-electron chi connectivity index (χ4n) is 2.70. The van der Waals surface area contributed by atoms with Crippen molar-refractivity contribution in [3.05, 3.63) is 77.6 Å². The summed E-state index contributed by atoms with van der Waals surface area (Å²) in [5.41, 5.74) is 2.04. The monoisotopic (exact) mass is 400 g/mol. The van der Waals surface area contributed by atoms with Crippen LogP contribution < -0.4 is 10.5 Å². The predicted octanol–water partition coefficient (Wildman–Crippen LogP) is 2.62. The molecule has 146 valence electrons. The van der Waals surface area contributed by atoms with Crippen molar-refractivity contribution in [1.29, 1.82) is 0 Å². The molecule has 0 bridgehead atoms. The van der Waals surface area contributed by atoms with Gasteiger partial charge >= 0.3 is 5.97 Å². The van der Waals surface area contributed by atoms with E-state index in [9.17, 15) is 13.2 Å². The molecule has 7 nitrogen and oxygen atoms in total. The van der Waals surface area contributed by atoms with Crippen LogP contribution in [0.15, 0.2) is 70.0 Å². The number of carboxylic acids is 1. The number of rotatable bonds is 8. The maximum absolute atomic E-state index is 11.2. The van der Waals surface area contributed by atoms with Crippen molar-refractivity contribution in [3.63, 3.8) is 0 Å². The molecule has 0 fully saturated rings. The van der Waals surface area contributed by atoms with Crippen molar-refractivity contribution in [1.82, 2.24) is 5.32 Å². The van der Waals surface area contributed by atoms with Crippen LogP contribution in [0, 0.1) is 0 Å². The van der Waals surface area contributed by atoms with Crippen molar-refractivity contribution in [2.45, 2.75) is 17.9 Å². The van der Waals surface area contributed by atoms with Gasteiger partial charge in [0, 0.05) is 5.56 Å². The first-order chi connectivity index (χ1) is 13.3. The summed E-state index contributed by atoms with van der Waals surface area (Å²) in [6, 6.07) is 16.7. The number of aromatic carboxylic acids is 1. The summed E-state index contributed by atoms with van der Waals surface area (Å²) in [5.74, 6) is 0.476. The summed E-state index contributed by atoms with van der Waals surface area (Å²) in [4.78, 5) is 11.0. The summed E-state index contributed by atoms with van der Waals surface area (Å²) in [6.07, 6.45) is 0.731. The average molecular weight is 400 g/mol. The lowest BCUT2D eigenvalue weighted by atomic mass is 10.1. The zero-order chi connectivity index (χ0) is 20.1. The average Bonchev–Trinajstić information content (AvgIpc) is 3.14. The number of nitrogens with one attached hydrogen (secondary N) is 1. The van der Waals surface area contributed by atoms with E-state index in [2.05, 4.69) is 5.32 Å². The van der Waals surface area contributed by atoms with E-state index in [0.717, 1.165) is 23.3 Å². The highest BCUT2D eigenvalue weighted by Crippen LogP contribution is 2.22. The maximum atomic E-state index is 11.2. The molecule has 0 radical (unpaired) electrons. The summed E-state index contributed by atoms with van der Waals surface area (Å²) < 4.78 is 28.3. The molecule has 0 aliphatic carbocycles. The van der Waals surface area contributed by atoms with Gasteiger partial charge in [0.1, 0.15) is 11.5 Å². The van der Waals surface area contributed by atoms with Gasteiger partial charge in [-0.15, -0.1) is 0 Å². The summed E-state index contributed by atoms with van der Waals surface area (Å²) in [7, 11) is -3.67. The fraction of sp³-hybridized carbons (Fsp3) is 0.150. The molecule has 0 aliphatic rings. The highest BCUT2D eigenvalue weighted by Gasteiger charge is 2.08. The number of nitrogens with two attached hydrogens (primary N) is 1. The van der Waals surface area contributed by atoms with Gasteiger partial charge in [-0.3, -0.25) is 0 Å². The lowest BCUT2D eigenvalue weighted by Crippen LogP contribution is -2.16. The van der Waals surface area contributed by atoms with Crippen LogP contribution >= 0.6 is 0 Å². The van der Waals surface area contributed by atoms with Gasteiger partial charge in [-0.25, -0.2) is 18.4 Å². The fourth-order valence-corrected chi connectivity index (χ4v) is 3.21. The normalized spacial score (nSPS) is 11.5. The van der Waals surface area contributed by atoms with Crippen LogP contribution in [0.4, 0.5) is 0 Å². The predicted molar refractivity (Wildman–Crippen MR) is 104 cm³/mol. The van der Waals surface area contributed by atoms with Crippen LogP contribution in [-0.4, -0.2) is 26.0 Å². The van der Waals surface area contributed by atoms with Crippen molar-refractivity contribution < 1.29 is 22.7 Å². The van der Waals surface area contributed by atoms with Crippen LogP contribution in [0.25, 0.3) is 11.3 Å². The summed E-state index contributed by atoms with van der Waals surface area (Å²) in [6.45, 7) is 1.24. The van der Waals surface area contributed by atoms with Gasteiger partial charge in [-0.2, -0.15) is 0 Å². The third kappa shape index (κ3) is 5.07. The van der Waals surface area contributed by atoms with E-state index in [1.54, 1.807) is 36.4 Å². The van der Waals surface area contributed by atoms with E-state index in [1.807, 2.05) is 12.1 Å². The number of hydrogen-bond acceptors (Lipinski definition) is 5. The van der Waals surface area contributed by atoms with Crippen LogP contribution in [-0.2, 0) is 23.0 Å². The summed E-state index contributed by atoms with van der Waals surface area (Å²) in [5, 5.41) is 17.3. The smallest absolute Gasteiger partial charge is 0.335 e. The minimum absolute atomic E-state index is 0.101. The van der Waals surface area contributed by atoms with Crippen LogP contribution in [0.2, 0.25) is 0 Å². The molecule has 3 aromatic rings. The molecule has 3 rings (SSSR count). The van der Waals surface area contributed by atoms with E-state index in [1.165, 1.54) is 12.1 Å². The van der Waals surface area contributed by atoms with Crippen LogP contribution in [0.3, 0.4) is 0 Å². The largest absolute Gasteiger partial charge is 0.478 e. The molecule has 4 N–H and O–H groups in total. The van der Waals surface area contributed by atoms with Gasteiger partial charge in [0.15, 0.2) is 0 Å². The number of sulfonamides is 1. The topological polar surface area (TPSA) is 123 Å². The van der Waals surface area contributed by atoms with E-state index >= 15 is 0 Å². The third-order valence-corrected chi connectivity index (χ3v) is 5.15. The minimum atomic E-state index is -3.67. The number of primary sulfonamides is 1. The molecule has 0 saturated heterocycles. The molecule has 1 heterocycles. The van der Waals surface area contributed by atoms with Gasteiger partial charge in [0.05, 0.1) is 17.0 Å². The molecule has 28 heavy (non-hydrogen) atoms. The minimum Gasteiger partial charge on any atom is -0.478 e. The molecule has 0 atom stereocenters. The molecule has 1 aromatic heterocycles. The number of benzene rings is 2. The van der Waals surface area contributed by atoms with Crippen molar-refractivity contribution in [3.8, 4) is 11.3 Å². The standard InChI is InChI=1S/C20H20N2O5S/c21-28(25,26)18-8-1-14(2-9-18)11-12-22-13-17-7-10-19(27-17)15-3-5-16(6-4-15)20(23)24/h1-10,22H,11-13H2,(H,23,24)(H2,21,25,26). The Morgan fingerprint density at radius 3 is 2.29 bits per heavy atom. The number of furan rings is 1. The van der Waals surface area contributed by atoms with Gasteiger partial charge in [-0.05, 0) is 54.9 Å². The molecule has 0 amide bonds. The molecule has 0 aliphatic heterocycles. The lowest BCUT2D eigenvalue weighted by Gasteiger charge is -2.05. The van der Waals surface area contributed by atoms with Gasteiger partial charge in [-0.1, -0.05) is 24.3 Å². The van der Waals surface area contributed by atoms with Gasteiger partial charge < -0.3 is 14.8 Å². The van der Waals surface area contributed by atoms with E-state index < -0.39 is 16.0 Å².